The van der Waals surface area contributed by atoms with Gasteiger partial charge >= 0.3 is 59.0 Å². The van der Waals surface area contributed by atoms with Crippen LogP contribution in [-0.4, -0.2) is 31.8 Å². The van der Waals surface area contributed by atoms with Gasteiger partial charge in [0.25, 0.3) is 0 Å². The number of ketones is 1. The van der Waals surface area contributed by atoms with Gasteiger partial charge in [0.05, 0.1) is 0 Å². The van der Waals surface area contributed by atoms with Crippen LogP contribution in [0, 0.1) is 0 Å². The first-order valence-corrected chi connectivity index (χ1v) is 5.36. The van der Waals surface area contributed by atoms with Crippen molar-refractivity contribution >= 4 is 26.7 Å². The molecule has 0 saturated carbocycles. The first kappa shape index (κ1) is 8.66. The molecule has 4 heteroatoms. The number of carboxylic acids is 1. The first-order chi connectivity index (χ1) is 4.18. The summed E-state index contributed by atoms with van der Waals surface area (Å²) in [6, 6.07) is 0. The summed E-state index contributed by atoms with van der Waals surface area (Å²) in [4.78, 5) is 20.2. The first-order valence-electron chi connectivity index (χ1n) is 2.43. The Kier molecular flexibility index (Phi) is 4.36. The fourth-order valence-electron chi connectivity index (χ4n) is 0.302. The SMILES string of the molecule is C[Se]CCC(=O)C(=O)O. The van der Waals surface area contributed by atoms with E-state index in [1.165, 1.54) is 0 Å². The Morgan fingerprint density at radius 3 is 2.44 bits per heavy atom. The Morgan fingerprint density at radius 2 is 2.11 bits per heavy atom. The molecule has 0 aromatic heterocycles. The number of carbonyl (C=O) groups is 2. The van der Waals surface area contributed by atoms with Crippen molar-refractivity contribution in [2.45, 2.75) is 17.6 Å². The van der Waals surface area contributed by atoms with Crippen LogP contribution in [0.3, 0.4) is 0 Å². The Bertz CT molecular complexity index is 121. The predicted octanol–water partition coefficient (Wildman–Crippen LogP) is 0.201. The topological polar surface area (TPSA) is 54.4 Å². The molecule has 0 unspecified atom stereocenters. The average Bonchev–Trinajstić information content (AvgIpc) is 1.82. The number of carboxylic acid groups (broad SMARTS) is 1. The molecule has 0 aliphatic heterocycles. The number of aliphatic carboxylic acids is 1. The van der Waals surface area contributed by atoms with Gasteiger partial charge in [0.15, 0.2) is 0 Å². The summed E-state index contributed by atoms with van der Waals surface area (Å²) in [5.41, 5.74) is 0. The molecule has 52 valence electrons. The van der Waals surface area contributed by atoms with E-state index in [-0.39, 0.29) is 6.42 Å². The number of hydrogen-bond acceptors (Lipinski definition) is 2. The molecule has 0 amide bonds. The number of Topliss-reactive ketones (excluding diaryl/α,β-unsaturated/α-hetero) is 1. The maximum absolute atomic E-state index is 10.3. The van der Waals surface area contributed by atoms with Crippen molar-refractivity contribution in [1.29, 1.82) is 0 Å². The third-order valence-electron chi connectivity index (χ3n) is 0.772. The number of hydrogen-bond donors (Lipinski definition) is 1. The predicted molar refractivity (Wildman–Crippen MR) is 33.7 cm³/mol. The van der Waals surface area contributed by atoms with Crippen molar-refractivity contribution < 1.29 is 14.7 Å². The molecule has 3 nitrogen and oxygen atoms in total. The van der Waals surface area contributed by atoms with E-state index in [4.69, 9.17) is 5.11 Å². The number of carbonyl (C=O) groups excluding carboxylic acids is 1. The van der Waals surface area contributed by atoms with E-state index < -0.39 is 11.8 Å². The summed E-state index contributed by atoms with van der Waals surface area (Å²) >= 11 is 0.408. The van der Waals surface area contributed by atoms with Gasteiger partial charge in [-0.1, -0.05) is 0 Å². The maximum atomic E-state index is 10.3. The van der Waals surface area contributed by atoms with Crippen LogP contribution in [0.4, 0.5) is 0 Å². The second-order valence-electron chi connectivity index (χ2n) is 1.47. The van der Waals surface area contributed by atoms with Crippen molar-refractivity contribution in [3.8, 4) is 0 Å². The molecule has 0 fully saturated rings. The molecule has 1 N–H and O–H groups in total. The van der Waals surface area contributed by atoms with Gasteiger partial charge in [0, 0.05) is 0 Å². The molecule has 0 heterocycles. The number of rotatable bonds is 4. The molecule has 0 saturated heterocycles. The van der Waals surface area contributed by atoms with Crippen LogP contribution in [0.1, 0.15) is 6.42 Å². The van der Waals surface area contributed by atoms with Gasteiger partial charge in [-0.15, -0.1) is 0 Å². The molecule has 0 aromatic rings. The monoisotopic (exact) mass is 196 g/mol. The molecule has 0 aliphatic rings. The average molecular weight is 195 g/mol. The molecular formula is C5H8O3Se. The van der Waals surface area contributed by atoms with Gasteiger partial charge in [-0.3, -0.25) is 0 Å². The normalized spacial score (nSPS) is 9.00. The third-order valence-corrected chi connectivity index (χ3v) is 2.06. The molecule has 9 heavy (non-hydrogen) atoms. The van der Waals surface area contributed by atoms with Crippen molar-refractivity contribution in [2.75, 3.05) is 0 Å². The zero-order chi connectivity index (χ0) is 7.28. The van der Waals surface area contributed by atoms with Gasteiger partial charge in [-0.2, -0.15) is 0 Å². The molecule has 0 atom stereocenters. The van der Waals surface area contributed by atoms with E-state index in [0.29, 0.717) is 15.0 Å². The second-order valence-corrected chi connectivity index (χ2v) is 3.54. The van der Waals surface area contributed by atoms with Crippen LogP contribution >= 0.6 is 0 Å². The summed E-state index contributed by atoms with van der Waals surface area (Å²) in [5, 5.41) is 8.80. The standard InChI is InChI=1S/C5H8O3Se/c1-9-3-2-4(6)5(7)8/h2-3H2,1H3,(H,7,8). The van der Waals surface area contributed by atoms with Crippen molar-refractivity contribution in [3.63, 3.8) is 0 Å². The minimum atomic E-state index is -1.31. The van der Waals surface area contributed by atoms with Crippen molar-refractivity contribution in [3.05, 3.63) is 0 Å². The van der Waals surface area contributed by atoms with Crippen LogP contribution in [0.15, 0.2) is 0 Å². The van der Waals surface area contributed by atoms with Crippen LogP contribution in [-0.2, 0) is 9.59 Å². The summed E-state index contributed by atoms with van der Waals surface area (Å²) in [6.45, 7) is 0. The van der Waals surface area contributed by atoms with Crippen molar-refractivity contribution in [2.24, 2.45) is 0 Å². The Hall–Kier alpha value is -0.341. The van der Waals surface area contributed by atoms with Gasteiger partial charge in [0.1, 0.15) is 0 Å². The zero-order valence-corrected chi connectivity index (χ0v) is 6.80. The molecule has 0 aromatic carbocycles. The Morgan fingerprint density at radius 1 is 1.56 bits per heavy atom. The van der Waals surface area contributed by atoms with E-state index in [1.54, 1.807) is 0 Å². The summed E-state index contributed by atoms with van der Waals surface area (Å²) in [7, 11) is 0. The van der Waals surface area contributed by atoms with Crippen LogP contribution in [0.5, 0.6) is 0 Å². The Balaban J connectivity index is 3.39. The van der Waals surface area contributed by atoms with E-state index >= 15 is 0 Å². The van der Waals surface area contributed by atoms with E-state index in [2.05, 4.69) is 0 Å². The fourth-order valence-corrected chi connectivity index (χ4v) is 1.12. The van der Waals surface area contributed by atoms with Crippen LogP contribution < -0.4 is 0 Å². The molecular weight excluding hydrogens is 187 g/mol. The van der Waals surface area contributed by atoms with Gasteiger partial charge in [0.2, 0.25) is 0 Å². The quantitative estimate of drug-likeness (QED) is 0.515. The Labute approximate surface area is 59.6 Å². The molecule has 0 radical (unpaired) electrons. The van der Waals surface area contributed by atoms with E-state index in [9.17, 15) is 9.59 Å². The van der Waals surface area contributed by atoms with E-state index in [1.807, 2.05) is 5.82 Å². The minimum absolute atomic E-state index is 0.200. The van der Waals surface area contributed by atoms with Crippen LogP contribution in [0.2, 0.25) is 11.1 Å². The van der Waals surface area contributed by atoms with Gasteiger partial charge in [-0.25, -0.2) is 0 Å². The molecule has 0 bridgehead atoms. The summed E-state index contributed by atoms with van der Waals surface area (Å²) < 4.78 is 0. The summed E-state index contributed by atoms with van der Waals surface area (Å²) in [5.74, 6) is 0.000239. The van der Waals surface area contributed by atoms with Gasteiger partial charge in [-0.05, 0) is 0 Å². The summed E-state index contributed by atoms with van der Waals surface area (Å²) in [6.07, 6.45) is 0.200. The van der Waals surface area contributed by atoms with E-state index in [0.717, 1.165) is 5.32 Å². The fraction of sp³-hybridized carbons (Fsp3) is 0.600. The van der Waals surface area contributed by atoms with Crippen LogP contribution in [0.25, 0.3) is 0 Å². The van der Waals surface area contributed by atoms with Crippen molar-refractivity contribution in [1.82, 2.24) is 0 Å². The zero-order valence-electron chi connectivity index (χ0n) is 5.09. The molecule has 0 aliphatic carbocycles. The van der Waals surface area contributed by atoms with Gasteiger partial charge < -0.3 is 0 Å². The second kappa shape index (κ2) is 4.53. The molecule has 0 rings (SSSR count). The third kappa shape index (κ3) is 4.18. The molecule has 0 spiro atoms.